The Bertz CT molecular complexity index is 268. The first-order valence-corrected chi connectivity index (χ1v) is 9.56. The topological polar surface area (TPSA) is 52.3 Å². The first-order chi connectivity index (χ1) is 10.6. The average molecular weight is 314 g/mol. The normalized spacial score (nSPS) is 13.8. The summed E-state index contributed by atoms with van der Waals surface area (Å²) in [5.74, 6) is -0.195. The van der Waals surface area contributed by atoms with E-state index < -0.39 is 5.54 Å². The van der Waals surface area contributed by atoms with Crippen LogP contribution in [-0.2, 0) is 9.53 Å². The molecule has 0 spiro atoms. The molecule has 0 aromatic rings. The maximum absolute atomic E-state index is 12.2. The molecule has 3 nitrogen and oxygen atoms in total. The highest BCUT2D eigenvalue weighted by molar-refractivity contribution is 5.80. The fourth-order valence-corrected chi connectivity index (χ4v) is 2.87. The molecule has 0 aliphatic heterocycles. The molecule has 132 valence electrons. The van der Waals surface area contributed by atoms with Gasteiger partial charge >= 0.3 is 5.97 Å². The quantitative estimate of drug-likeness (QED) is 0.327. The van der Waals surface area contributed by atoms with Crippen molar-refractivity contribution in [1.29, 1.82) is 0 Å². The van der Waals surface area contributed by atoms with Crippen molar-refractivity contribution in [2.45, 2.75) is 110 Å². The van der Waals surface area contributed by atoms with Crippen molar-refractivity contribution in [3.63, 3.8) is 0 Å². The highest BCUT2D eigenvalue weighted by Crippen LogP contribution is 2.22. The number of nitrogens with two attached hydrogens (primary N) is 1. The largest absolute Gasteiger partial charge is 0.465 e. The third-order valence-electron chi connectivity index (χ3n) is 4.38. The monoisotopic (exact) mass is 313 g/mol. The Labute approximate surface area is 138 Å². The van der Waals surface area contributed by atoms with E-state index in [0.717, 1.165) is 25.7 Å². The summed E-state index contributed by atoms with van der Waals surface area (Å²) >= 11 is 0. The number of carbonyl (C=O) groups excluding carboxylic acids is 1. The number of rotatable bonds is 15. The van der Waals surface area contributed by atoms with Crippen LogP contribution in [0.2, 0.25) is 0 Å². The number of ether oxygens (including phenoxy) is 1. The summed E-state index contributed by atoms with van der Waals surface area (Å²) in [6.07, 6.45) is 14.8. The lowest BCUT2D eigenvalue weighted by Crippen LogP contribution is -2.49. The SMILES string of the molecule is CCCCCCCCC(N)(CCCCCCC)C(=O)OCC. The molecule has 0 saturated heterocycles. The predicted molar refractivity (Wildman–Crippen MR) is 94.9 cm³/mol. The van der Waals surface area contributed by atoms with Crippen molar-refractivity contribution in [2.24, 2.45) is 5.73 Å². The Morgan fingerprint density at radius 2 is 1.18 bits per heavy atom. The van der Waals surface area contributed by atoms with Gasteiger partial charge in [-0.15, -0.1) is 0 Å². The van der Waals surface area contributed by atoms with Crippen LogP contribution >= 0.6 is 0 Å². The van der Waals surface area contributed by atoms with Crippen LogP contribution in [0.1, 0.15) is 104 Å². The molecular formula is C19H39NO2. The number of carbonyl (C=O) groups is 1. The second kappa shape index (κ2) is 14.0. The Balaban J connectivity index is 4.13. The molecule has 3 heteroatoms. The fraction of sp³-hybridized carbons (Fsp3) is 0.947. The lowest BCUT2D eigenvalue weighted by atomic mass is 9.87. The standard InChI is InChI=1S/C19H39NO2/c1-4-7-9-11-13-15-17-19(20,18(21)22-6-3)16-14-12-10-8-5-2/h4-17,20H2,1-3H3. The van der Waals surface area contributed by atoms with E-state index in [4.69, 9.17) is 10.5 Å². The van der Waals surface area contributed by atoms with Gasteiger partial charge < -0.3 is 10.5 Å². The molecule has 2 N–H and O–H groups in total. The summed E-state index contributed by atoms with van der Waals surface area (Å²) in [5, 5.41) is 0. The van der Waals surface area contributed by atoms with Crippen LogP contribution in [-0.4, -0.2) is 18.1 Å². The van der Waals surface area contributed by atoms with Gasteiger partial charge in [-0.3, -0.25) is 4.79 Å². The average Bonchev–Trinajstić information content (AvgIpc) is 2.51. The van der Waals surface area contributed by atoms with Crippen LogP contribution in [0.4, 0.5) is 0 Å². The Kier molecular flexibility index (Phi) is 13.7. The van der Waals surface area contributed by atoms with Gasteiger partial charge in [-0.05, 0) is 19.8 Å². The summed E-state index contributed by atoms with van der Waals surface area (Å²) in [6.45, 7) is 6.71. The van der Waals surface area contributed by atoms with Gasteiger partial charge in [-0.2, -0.15) is 0 Å². The molecule has 1 atom stereocenters. The van der Waals surface area contributed by atoms with E-state index in [9.17, 15) is 4.79 Å². The highest BCUT2D eigenvalue weighted by atomic mass is 16.5. The maximum atomic E-state index is 12.2. The Morgan fingerprint density at radius 1 is 0.773 bits per heavy atom. The molecule has 0 heterocycles. The zero-order valence-corrected chi connectivity index (χ0v) is 15.3. The van der Waals surface area contributed by atoms with E-state index in [-0.39, 0.29) is 5.97 Å². The van der Waals surface area contributed by atoms with E-state index in [1.54, 1.807) is 0 Å². The lowest BCUT2D eigenvalue weighted by Gasteiger charge is -2.27. The first kappa shape index (κ1) is 21.4. The van der Waals surface area contributed by atoms with Crippen LogP contribution < -0.4 is 5.73 Å². The van der Waals surface area contributed by atoms with Crippen LogP contribution in [0.3, 0.4) is 0 Å². The van der Waals surface area contributed by atoms with Crippen molar-refractivity contribution in [3.05, 3.63) is 0 Å². The molecule has 0 saturated carbocycles. The number of hydrogen-bond acceptors (Lipinski definition) is 3. The minimum atomic E-state index is -0.757. The van der Waals surface area contributed by atoms with E-state index >= 15 is 0 Å². The highest BCUT2D eigenvalue weighted by Gasteiger charge is 2.34. The Hall–Kier alpha value is -0.570. The van der Waals surface area contributed by atoms with Gasteiger partial charge in [0.05, 0.1) is 6.61 Å². The molecule has 0 rings (SSSR count). The fourth-order valence-electron chi connectivity index (χ4n) is 2.87. The van der Waals surface area contributed by atoms with Crippen LogP contribution in [0.25, 0.3) is 0 Å². The molecule has 1 unspecified atom stereocenters. The van der Waals surface area contributed by atoms with Gasteiger partial charge in [0.1, 0.15) is 5.54 Å². The molecule has 0 aliphatic rings. The molecule has 0 aromatic carbocycles. The van der Waals surface area contributed by atoms with Gasteiger partial charge in [-0.25, -0.2) is 0 Å². The molecule has 22 heavy (non-hydrogen) atoms. The van der Waals surface area contributed by atoms with Crippen molar-refractivity contribution >= 4 is 5.97 Å². The third kappa shape index (κ3) is 10.2. The van der Waals surface area contributed by atoms with Crippen LogP contribution in [0, 0.1) is 0 Å². The smallest absolute Gasteiger partial charge is 0.326 e. The maximum Gasteiger partial charge on any atom is 0.326 e. The zero-order chi connectivity index (χ0) is 16.7. The summed E-state index contributed by atoms with van der Waals surface area (Å²) in [7, 11) is 0. The van der Waals surface area contributed by atoms with Crippen molar-refractivity contribution in [3.8, 4) is 0 Å². The van der Waals surface area contributed by atoms with Crippen molar-refractivity contribution in [2.75, 3.05) is 6.61 Å². The molecule has 0 amide bonds. The van der Waals surface area contributed by atoms with Gasteiger partial charge in [-0.1, -0.05) is 84.5 Å². The summed E-state index contributed by atoms with van der Waals surface area (Å²) in [4.78, 5) is 12.2. The molecule has 0 aliphatic carbocycles. The van der Waals surface area contributed by atoms with Gasteiger partial charge in [0, 0.05) is 0 Å². The molecular weight excluding hydrogens is 274 g/mol. The van der Waals surface area contributed by atoms with Crippen LogP contribution in [0.15, 0.2) is 0 Å². The lowest BCUT2D eigenvalue weighted by molar-refractivity contribution is -0.150. The molecule has 0 radical (unpaired) electrons. The minimum absolute atomic E-state index is 0.195. The second-order valence-corrected chi connectivity index (χ2v) is 6.56. The molecule has 0 fully saturated rings. The Morgan fingerprint density at radius 3 is 1.59 bits per heavy atom. The summed E-state index contributed by atoms with van der Waals surface area (Å²) in [5.41, 5.74) is 5.65. The van der Waals surface area contributed by atoms with E-state index in [2.05, 4.69) is 13.8 Å². The van der Waals surface area contributed by atoms with Crippen molar-refractivity contribution in [1.82, 2.24) is 0 Å². The van der Waals surface area contributed by atoms with Crippen molar-refractivity contribution < 1.29 is 9.53 Å². The predicted octanol–water partition coefficient (Wildman–Crippen LogP) is 5.36. The second-order valence-electron chi connectivity index (χ2n) is 6.56. The van der Waals surface area contributed by atoms with E-state index in [1.807, 2.05) is 6.92 Å². The minimum Gasteiger partial charge on any atom is -0.465 e. The van der Waals surface area contributed by atoms with Gasteiger partial charge in [0.15, 0.2) is 0 Å². The van der Waals surface area contributed by atoms with Crippen LogP contribution in [0.5, 0.6) is 0 Å². The van der Waals surface area contributed by atoms with Gasteiger partial charge in [0.2, 0.25) is 0 Å². The third-order valence-corrected chi connectivity index (χ3v) is 4.38. The number of unbranched alkanes of at least 4 members (excludes halogenated alkanes) is 9. The number of hydrogen-bond donors (Lipinski definition) is 1. The van der Waals surface area contributed by atoms with Gasteiger partial charge in [0.25, 0.3) is 0 Å². The van der Waals surface area contributed by atoms with E-state index in [1.165, 1.54) is 57.8 Å². The zero-order valence-electron chi connectivity index (χ0n) is 15.3. The summed E-state index contributed by atoms with van der Waals surface area (Å²) < 4.78 is 5.22. The number of esters is 1. The molecule has 0 aromatic heterocycles. The van der Waals surface area contributed by atoms with E-state index in [0.29, 0.717) is 6.61 Å². The molecule has 0 bridgehead atoms. The summed E-state index contributed by atoms with van der Waals surface area (Å²) in [6, 6.07) is 0. The first-order valence-electron chi connectivity index (χ1n) is 9.56.